The average Bonchev–Trinajstić information content (AvgIpc) is 3.26. The molecule has 0 bridgehead atoms. The Morgan fingerprint density at radius 1 is 1.29 bits per heavy atom. The Kier molecular flexibility index (Phi) is 10.8. The van der Waals surface area contributed by atoms with E-state index in [1.54, 1.807) is 20.8 Å². The number of carbonyl (C=O) groups is 2. The Hall–Kier alpha value is -1.87. The molecule has 0 spiro atoms. The van der Waals surface area contributed by atoms with Crippen LogP contribution in [-0.4, -0.2) is 50.4 Å². The number of esters is 1. The van der Waals surface area contributed by atoms with Crippen molar-refractivity contribution in [3.63, 3.8) is 0 Å². The molecular formula is C27H41NO6S. The van der Waals surface area contributed by atoms with Gasteiger partial charge in [0.05, 0.1) is 36.3 Å². The van der Waals surface area contributed by atoms with Crippen LogP contribution >= 0.6 is 11.3 Å². The van der Waals surface area contributed by atoms with Gasteiger partial charge in [0.15, 0.2) is 0 Å². The van der Waals surface area contributed by atoms with Gasteiger partial charge in [-0.15, -0.1) is 11.3 Å². The number of ether oxygens (including phenoxy) is 1. The molecule has 2 heterocycles. The molecule has 0 fully saturated rings. The molecule has 35 heavy (non-hydrogen) atoms. The standard InChI is InChI=1S/C27H41NO6S/c1-16-8-7-9-17(2)25(32)19(4)26(33)27(5,6)22(30)13-24(31)34-21(11-10-16)18(3)12-20-15-35-23(14-29)28-20/h10,12,15,17,19,21-22,25,29-30,32H,7-9,11,13-14H2,1-6H3/b16-10-,18-12?/t17-,19+,21-,22-,25-/m0/s1. The summed E-state index contributed by atoms with van der Waals surface area (Å²) in [5.41, 5.74) is 1.44. The van der Waals surface area contributed by atoms with Crippen molar-refractivity contribution in [2.45, 2.75) is 98.6 Å². The van der Waals surface area contributed by atoms with Gasteiger partial charge in [-0.3, -0.25) is 9.59 Å². The first-order valence-electron chi connectivity index (χ1n) is 12.4. The lowest BCUT2D eigenvalue weighted by Gasteiger charge is -2.34. The van der Waals surface area contributed by atoms with Crippen molar-refractivity contribution in [2.24, 2.45) is 17.3 Å². The quantitative estimate of drug-likeness (QED) is 0.409. The van der Waals surface area contributed by atoms with Gasteiger partial charge in [-0.2, -0.15) is 0 Å². The second kappa shape index (κ2) is 12.9. The fourth-order valence-electron chi connectivity index (χ4n) is 4.42. The summed E-state index contributed by atoms with van der Waals surface area (Å²) in [6, 6.07) is 0. The van der Waals surface area contributed by atoms with Crippen LogP contribution in [0.2, 0.25) is 0 Å². The van der Waals surface area contributed by atoms with Gasteiger partial charge in [0.25, 0.3) is 0 Å². The molecule has 1 aliphatic rings. The van der Waals surface area contributed by atoms with Crippen LogP contribution in [0.1, 0.15) is 84.3 Å². The van der Waals surface area contributed by atoms with Crippen LogP contribution in [0.4, 0.5) is 0 Å². The molecule has 0 saturated carbocycles. The van der Waals surface area contributed by atoms with E-state index in [0.717, 1.165) is 30.4 Å². The number of thiazole rings is 1. The van der Waals surface area contributed by atoms with E-state index in [1.165, 1.54) is 11.3 Å². The summed E-state index contributed by atoms with van der Waals surface area (Å²) in [5, 5.41) is 33.3. The number of aliphatic hydroxyl groups excluding tert-OH is 3. The molecule has 7 nitrogen and oxygen atoms in total. The van der Waals surface area contributed by atoms with Crippen molar-refractivity contribution in [3.8, 4) is 0 Å². The molecule has 8 heteroatoms. The predicted molar refractivity (Wildman–Crippen MR) is 138 cm³/mol. The molecule has 0 radical (unpaired) electrons. The first kappa shape index (κ1) is 29.4. The number of hydrogen-bond donors (Lipinski definition) is 3. The van der Waals surface area contributed by atoms with E-state index in [0.29, 0.717) is 17.1 Å². The highest BCUT2D eigenvalue weighted by Gasteiger charge is 2.42. The summed E-state index contributed by atoms with van der Waals surface area (Å²) in [5.74, 6) is -1.58. The lowest BCUT2D eigenvalue weighted by atomic mass is 9.73. The Morgan fingerprint density at radius 2 is 1.97 bits per heavy atom. The largest absolute Gasteiger partial charge is 0.457 e. The molecule has 0 aromatic carbocycles. The molecule has 1 aliphatic heterocycles. The van der Waals surface area contributed by atoms with Gasteiger partial charge in [-0.25, -0.2) is 4.98 Å². The van der Waals surface area contributed by atoms with E-state index in [-0.39, 0.29) is 24.7 Å². The van der Waals surface area contributed by atoms with Crippen LogP contribution in [0.5, 0.6) is 0 Å². The minimum atomic E-state index is -1.24. The maximum Gasteiger partial charge on any atom is 0.309 e. The number of carbonyl (C=O) groups excluding carboxylic acids is 2. The van der Waals surface area contributed by atoms with Gasteiger partial charge in [-0.05, 0) is 50.7 Å². The zero-order chi connectivity index (χ0) is 26.3. The predicted octanol–water partition coefficient (Wildman–Crippen LogP) is 4.45. The van der Waals surface area contributed by atoms with E-state index in [1.807, 2.05) is 32.2 Å². The van der Waals surface area contributed by atoms with Crippen LogP contribution < -0.4 is 0 Å². The lowest BCUT2D eigenvalue weighted by Crippen LogP contribution is -2.45. The van der Waals surface area contributed by atoms with Crippen LogP contribution in [0.15, 0.2) is 22.6 Å². The molecule has 1 aromatic heterocycles. The number of nitrogens with zero attached hydrogens (tertiary/aromatic N) is 1. The average molecular weight is 508 g/mol. The molecule has 0 saturated heterocycles. The number of aromatic nitrogens is 1. The monoisotopic (exact) mass is 507 g/mol. The topological polar surface area (TPSA) is 117 Å². The fourth-order valence-corrected chi connectivity index (χ4v) is 5.03. The number of Topliss-reactive ketones (excluding diaryl/α,β-unsaturated/α-hetero) is 1. The number of cyclic esters (lactones) is 1. The van der Waals surface area contributed by atoms with Crippen molar-refractivity contribution in [2.75, 3.05) is 0 Å². The van der Waals surface area contributed by atoms with E-state index in [9.17, 15) is 24.9 Å². The first-order valence-corrected chi connectivity index (χ1v) is 13.2. The SMILES string of the molecule is CC(=Cc1csc(CO)n1)[C@@H]1C/C=C(/C)CCC[C@H](C)[C@H](O)[C@@H](C)C(=O)C(C)(C)[C@@H](O)CC(=O)O1. The fraction of sp³-hybridized carbons (Fsp3) is 0.667. The second-order valence-corrected chi connectivity index (χ2v) is 11.4. The summed E-state index contributed by atoms with van der Waals surface area (Å²) >= 11 is 1.36. The number of rotatable bonds is 3. The van der Waals surface area contributed by atoms with Crippen LogP contribution in [0.25, 0.3) is 6.08 Å². The number of allylic oxidation sites excluding steroid dienone is 1. The molecule has 5 atom stereocenters. The molecule has 0 unspecified atom stereocenters. The highest BCUT2D eigenvalue weighted by molar-refractivity contribution is 7.09. The van der Waals surface area contributed by atoms with Gasteiger partial charge in [0, 0.05) is 17.7 Å². The first-order chi connectivity index (χ1) is 16.4. The summed E-state index contributed by atoms with van der Waals surface area (Å²) in [4.78, 5) is 30.4. The molecular weight excluding hydrogens is 466 g/mol. The minimum Gasteiger partial charge on any atom is -0.457 e. The van der Waals surface area contributed by atoms with Crippen molar-refractivity contribution in [3.05, 3.63) is 33.3 Å². The molecule has 1 aromatic rings. The van der Waals surface area contributed by atoms with Crippen molar-refractivity contribution >= 4 is 29.2 Å². The Bertz CT molecular complexity index is 934. The highest BCUT2D eigenvalue weighted by atomic mass is 32.1. The maximum atomic E-state index is 13.2. The molecule has 0 aliphatic carbocycles. The van der Waals surface area contributed by atoms with Crippen molar-refractivity contribution in [1.82, 2.24) is 4.98 Å². The summed E-state index contributed by atoms with van der Waals surface area (Å²) in [7, 11) is 0. The Morgan fingerprint density at radius 3 is 2.60 bits per heavy atom. The van der Waals surface area contributed by atoms with Crippen LogP contribution in [-0.2, 0) is 20.9 Å². The van der Waals surface area contributed by atoms with Crippen molar-refractivity contribution in [1.29, 1.82) is 0 Å². The zero-order valence-electron chi connectivity index (χ0n) is 21.8. The number of aliphatic hydroxyl groups is 3. The van der Waals surface area contributed by atoms with Crippen LogP contribution in [0, 0.1) is 17.3 Å². The summed E-state index contributed by atoms with van der Waals surface area (Å²) < 4.78 is 5.78. The van der Waals surface area contributed by atoms with Gasteiger partial charge >= 0.3 is 5.97 Å². The molecule has 196 valence electrons. The van der Waals surface area contributed by atoms with E-state index >= 15 is 0 Å². The Balaban J connectivity index is 2.33. The van der Waals surface area contributed by atoms with E-state index in [4.69, 9.17) is 4.74 Å². The van der Waals surface area contributed by atoms with Gasteiger partial charge in [0.1, 0.15) is 16.9 Å². The summed E-state index contributed by atoms with van der Waals surface area (Å²) in [6.07, 6.45) is 3.95. The highest BCUT2D eigenvalue weighted by Crippen LogP contribution is 2.32. The number of hydrogen-bond acceptors (Lipinski definition) is 8. The smallest absolute Gasteiger partial charge is 0.309 e. The van der Waals surface area contributed by atoms with Gasteiger partial charge in [0.2, 0.25) is 0 Å². The molecule has 2 rings (SSSR count). The van der Waals surface area contributed by atoms with Gasteiger partial charge in [-0.1, -0.05) is 39.3 Å². The Labute approximate surface area is 212 Å². The lowest BCUT2D eigenvalue weighted by molar-refractivity contribution is -0.154. The maximum absolute atomic E-state index is 13.2. The third-order valence-electron chi connectivity index (χ3n) is 7.11. The third-order valence-corrected chi connectivity index (χ3v) is 7.96. The van der Waals surface area contributed by atoms with Crippen LogP contribution in [0.3, 0.4) is 0 Å². The van der Waals surface area contributed by atoms with E-state index in [2.05, 4.69) is 11.1 Å². The third kappa shape index (κ3) is 8.07. The second-order valence-electron chi connectivity index (χ2n) is 10.4. The molecule has 3 N–H and O–H groups in total. The van der Waals surface area contributed by atoms with E-state index < -0.39 is 35.6 Å². The molecule has 0 amide bonds. The minimum absolute atomic E-state index is 0.0626. The van der Waals surface area contributed by atoms with Crippen molar-refractivity contribution < 1.29 is 29.6 Å². The summed E-state index contributed by atoms with van der Waals surface area (Å²) in [6.45, 7) is 10.6. The normalized spacial score (nSPS) is 31.5. The van der Waals surface area contributed by atoms with Gasteiger partial charge < -0.3 is 20.1 Å². The number of ketones is 1. The zero-order valence-corrected chi connectivity index (χ0v) is 22.6.